The normalized spacial score (nSPS) is 18.0. The molecule has 0 saturated carbocycles. The lowest BCUT2D eigenvalue weighted by atomic mass is 10.0. The van der Waals surface area contributed by atoms with Gasteiger partial charge < -0.3 is 9.64 Å². The van der Waals surface area contributed by atoms with Crippen LogP contribution in [0.2, 0.25) is 10.0 Å². The smallest absolute Gasteiger partial charge is 0.227 e. The van der Waals surface area contributed by atoms with Crippen molar-refractivity contribution < 1.29 is 9.53 Å². The molecule has 6 heteroatoms. The highest BCUT2D eigenvalue weighted by Crippen LogP contribution is 2.26. The van der Waals surface area contributed by atoms with E-state index in [9.17, 15) is 4.79 Å². The van der Waals surface area contributed by atoms with Crippen LogP contribution in [0.15, 0.2) is 48.5 Å². The summed E-state index contributed by atoms with van der Waals surface area (Å²) in [5.74, 6) is 0.0535. The molecule has 0 N–H and O–H groups in total. The second-order valence-electron chi connectivity index (χ2n) is 7.48. The lowest BCUT2D eigenvalue weighted by Crippen LogP contribution is -2.39. The number of hydrogen-bond donors (Lipinski definition) is 0. The molecule has 29 heavy (non-hydrogen) atoms. The molecule has 3 rings (SSSR count). The minimum Gasteiger partial charge on any atom is -0.377 e. The quantitative estimate of drug-likeness (QED) is 0.595. The van der Waals surface area contributed by atoms with Gasteiger partial charge in [-0.15, -0.1) is 0 Å². The van der Waals surface area contributed by atoms with Gasteiger partial charge in [0.15, 0.2) is 0 Å². The minimum atomic E-state index is -0.0214. The number of halogens is 2. The van der Waals surface area contributed by atoms with Crippen LogP contribution in [0, 0.1) is 0 Å². The van der Waals surface area contributed by atoms with Gasteiger partial charge in [0.1, 0.15) is 0 Å². The van der Waals surface area contributed by atoms with E-state index in [2.05, 4.69) is 17.0 Å². The molecule has 0 aliphatic carbocycles. The van der Waals surface area contributed by atoms with Crippen LogP contribution >= 0.6 is 23.2 Å². The zero-order chi connectivity index (χ0) is 20.8. The molecule has 2 atom stereocenters. The third-order valence-electron chi connectivity index (χ3n) is 5.45. The van der Waals surface area contributed by atoms with Crippen molar-refractivity contribution in [1.82, 2.24) is 9.80 Å². The third kappa shape index (κ3) is 5.95. The van der Waals surface area contributed by atoms with Crippen molar-refractivity contribution in [3.63, 3.8) is 0 Å². The molecule has 1 heterocycles. The van der Waals surface area contributed by atoms with Gasteiger partial charge in [-0.2, -0.15) is 0 Å². The SMILES string of the molecule is CCO[C@H]1CCN(C[C@H](c2ccccc2)N(C)C(=O)Cc2ccc(Cl)c(Cl)c2)C1. The van der Waals surface area contributed by atoms with E-state index in [0.29, 0.717) is 10.0 Å². The van der Waals surface area contributed by atoms with Crippen LogP contribution in [0.4, 0.5) is 0 Å². The molecule has 0 radical (unpaired) electrons. The fourth-order valence-electron chi connectivity index (χ4n) is 3.83. The number of hydrogen-bond acceptors (Lipinski definition) is 3. The van der Waals surface area contributed by atoms with Crippen LogP contribution in [0.1, 0.15) is 30.5 Å². The van der Waals surface area contributed by atoms with E-state index in [1.165, 1.54) is 0 Å². The van der Waals surface area contributed by atoms with Gasteiger partial charge in [-0.3, -0.25) is 9.69 Å². The number of nitrogens with zero attached hydrogens (tertiary/aromatic N) is 2. The standard InChI is InChI=1S/C23H28Cl2N2O2/c1-3-29-19-11-12-27(15-19)16-22(18-7-5-4-6-8-18)26(2)23(28)14-17-9-10-20(24)21(25)13-17/h4-10,13,19,22H,3,11-12,14-16H2,1-2H3/t19-,22+/m0/s1. The first-order valence-corrected chi connectivity index (χ1v) is 10.8. The van der Waals surface area contributed by atoms with Crippen molar-refractivity contribution in [1.29, 1.82) is 0 Å². The Hall–Kier alpha value is -1.59. The molecular weight excluding hydrogens is 407 g/mol. The third-order valence-corrected chi connectivity index (χ3v) is 6.19. The Bertz CT molecular complexity index is 816. The van der Waals surface area contributed by atoms with Crippen LogP contribution in [-0.2, 0) is 16.0 Å². The highest BCUT2D eigenvalue weighted by molar-refractivity contribution is 6.42. The molecule has 0 spiro atoms. The van der Waals surface area contributed by atoms with E-state index >= 15 is 0 Å². The van der Waals surface area contributed by atoms with Crippen molar-refractivity contribution in [2.24, 2.45) is 0 Å². The maximum absolute atomic E-state index is 13.1. The van der Waals surface area contributed by atoms with E-state index in [4.69, 9.17) is 27.9 Å². The molecule has 1 amide bonds. The summed E-state index contributed by atoms with van der Waals surface area (Å²) in [6, 6.07) is 15.5. The summed E-state index contributed by atoms with van der Waals surface area (Å²) in [5, 5.41) is 0.967. The van der Waals surface area contributed by atoms with Crippen LogP contribution in [0.3, 0.4) is 0 Å². The van der Waals surface area contributed by atoms with Crippen molar-refractivity contribution in [2.75, 3.05) is 33.3 Å². The second kappa shape index (κ2) is 10.4. The summed E-state index contributed by atoms with van der Waals surface area (Å²) < 4.78 is 5.78. The topological polar surface area (TPSA) is 32.8 Å². The van der Waals surface area contributed by atoms with Gasteiger partial charge >= 0.3 is 0 Å². The molecule has 2 aromatic rings. The molecule has 1 fully saturated rings. The molecule has 4 nitrogen and oxygen atoms in total. The second-order valence-corrected chi connectivity index (χ2v) is 8.30. The Balaban J connectivity index is 1.72. The Morgan fingerprint density at radius 3 is 2.66 bits per heavy atom. The molecule has 156 valence electrons. The first-order chi connectivity index (χ1) is 14.0. The van der Waals surface area contributed by atoms with Gasteiger partial charge in [0.25, 0.3) is 0 Å². The van der Waals surface area contributed by atoms with Crippen molar-refractivity contribution in [3.8, 4) is 0 Å². The molecule has 2 aromatic carbocycles. The summed E-state index contributed by atoms with van der Waals surface area (Å²) in [7, 11) is 1.88. The molecule has 0 bridgehead atoms. The van der Waals surface area contributed by atoms with Gasteiger partial charge in [-0.1, -0.05) is 59.6 Å². The van der Waals surface area contributed by atoms with Crippen molar-refractivity contribution in [3.05, 3.63) is 69.7 Å². The van der Waals surface area contributed by atoms with E-state index in [0.717, 1.165) is 43.8 Å². The summed E-state index contributed by atoms with van der Waals surface area (Å²) >= 11 is 12.1. The predicted octanol–water partition coefficient (Wildman–Crippen LogP) is 4.85. The average molecular weight is 435 g/mol. The van der Waals surface area contributed by atoms with Crippen LogP contribution in [0.5, 0.6) is 0 Å². The zero-order valence-electron chi connectivity index (χ0n) is 17.0. The molecule has 1 aliphatic heterocycles. The van der Waals surface area contributed by atoms with Crippen LogP contribution < -0.4 is 0 Å². The number of likely N-dealkylation sites (N-methyl/N-ethyl adjacent to an activating group) is 1. The van der Waals surface area contributed by atoms with E-state index in [1.807, 2.05) is 43.1 Å². The van der Waals surface area contributed by atoms with Crippen LogP contribution in [-0.4, -0.2) is 55.1 Å². The Kier molecular flexibility index (Phi) is 7.96. The first-order valence-electron chi connectivity index (χ1n) is 10.1. The molecule has 0 unspecified atom stereocenters. The number of ether oxygens (including phenoxy) is 1. The number of benzene rings is 2. The van der Waals surface area contributed by atoms with Gasteiger partial charge in [-0.05, 0) is 36.6 Å². The lowest BCUT2D eigenvalue weighted by molar-refractivity contribution is -0.131. The van der Waals surface area contributed by atoms with Crippen molar-refractivity contribution >= 4 is 29.1 Å². The van der Waals surface area contributed by atoms with Gasteiger partial charge in [-0.25, -0.2) is 0 Å². The van der Waals surface area contributed by atoms with Crippen LogP contribution in [0.25, 0.3) is 0 Å². The Morgan fingerprint density at radius 1 is 1.21 bits per heavy atom. The predicted molar refractivity (Wildman–Crippen MR) is 119 cm³/mol. The number of carbonyl (C=O) groups excluding carboxylic acids is 1. The highest BCUT2D eigenvalue weighted by Gasteiger charge is 2.29. The maximum atomic E-state index is 13.1. The molecular formula is C23H28Cl2N2O2. The summed E-state index contributed by atoms with van der Waals surface area (Å²) in [6.45, 7) is 5.46. The summed E-state index contributed by atoms with van der Waals surface area (Å²) in [5.41, 5.74) is 2.00. The Morgan fingerprint density at radius 2 is 1.97 bits per heavy atom. The zero-order valence-corrected chi connectivity index (χ0v) is 18.5. The lowest BCUT2D eigenvalue weighted by Gasteiger charge is -2.32. The highest BCUT2D eigenvalue weighted by atomic mass is 35.5. The first kappa shape index (κ1) is 22.1. The average Bonchev–Trinajstić information content (AvgIpc) is 3.16. The van der Waals surface area contributed by atoms with E-state index < -0.39 is 0 Å². The Labute approximate surface area is 183 Å². The molecule has 1 aliphatic rings. The molecule has 0 aromatic heterocycles. The fourth-order valence-corrected chi connectivity index (χ4v) is 4.15. The monoisotopic (exact) mass is 434 g/mol. The van der Waals surface area contributed by atoms with E-state index in [1.54, 1.807) is 12.1 Å². The summed E-state index contributed by atoms with van der Waals surface area (Å²) in [4.78, 5) is 17.3. The number of amides is 1. The maximum Gasteiger partial charge on any atom is 0.227 e. The fraction of sp³-hybridized carbons (Fsp3) is 0.435. The molecule has 1 saturated heterocycles. The van der Waals surface area contributed by atoms with E-state index in [-0.39, 0.29) is 24.5 Å². The summed E-state index contributed by atoms with van der Waals surface area (Å²) in [6.07, 6.45) is 1.61. The largest absolute Gasteiger partial charge is 0.377 e. The van der Waals surface area contributed by atoms with Gasteiger partial charge in [0, 0.05) is 33.3 Å². The number of likely N-dealkylation sites (tertiary alicyclic amines) is 1. The minimum absolute atomic E-state index is 0.0214. The number of carbonyl (C=O) groups is 1. The number of rotatable bonds is 8. The van der Waals surface area contributed by atoms with Gasteiger partial charge in [0.2, 0.25) is 5.91 Å². The van der Waals surface area contributed by atoms with Gasteiger partial charge in [0.05, 0.1) is 28.6 Å². The van der Waals surface area contributed by atoms with Crippen molar-refractivity contribution in [2.45, 2.75) is 31.9 Å².